The number of benzene rings is 2. The highest BCUT2D eigenvalue weighted by Gasteiger charge is 2.30. The number of hydrogen-bond donors (Lipinski definition) is 0. The predicted molar refractivity (Wildman–Crippen MR) is 97.3 cm³/mol. The first kappa shape index (κ1) is 20.7. The molecule has 0 heterocycles. The highest BCUT2D eigenvalue weighted by atomic mass is 19.4. The Bertz CT molecular complexity index is 781. The van der Waals surface area contributed by atoms with Gasteiger partial charge in [-0.2, -0.15) is 13.2 Å². The predicted octanol–water partition coefficient (Wildman–Crippen LogP) is 4.89. The summed E-state index contributed by atoms with van der Waals surface area (Å²) < 4.78 is 37.7. The van der Waals surface area contributed by atoms with Crippen LogP contribution in [0.25, 0.3) is 0 Å². The first-order valence-corrected chi connectivity index (χ1v) is 8.73. The Labute approximate surface area is 156 Å². The fourth-order valence-electron chi connectivity index (χ4n) is 2.64. The van der Waals surface area contributed by atoms with Crippen molar-refractivity contribution in [2.75, 3.05) is 7.05 Å². The molecule has 0 unspecified atom stereocenters. The second kappa shape index (κ2) is 8.84. The number of nitrogens with zero attached hydrogens (tertiary/aromatic N) is 1. The van der Waals surface area contributed by atoms with E-state index in [-0.39, 0.29) is 31.1 Å². The molecule has 0 aliphatic heterocycles. The fraction of sp³-hybridized carbons (Fsp3) is 0.333. The van der Waals surface area contributed by atoms with Crippen molar-refractivity contribution >= 4 is 11.7 Å². The molecule has 1 amide bonds. The van der Waals surface area contributed by atoms with Gasteiger partial charge in [-0.05, 0) is 29.7 Å². The summed E-state index contributed by atoms with van der Waals surface area (Å²) in [5.41, 5.74) is 1.59. The number of carbonyl (C=O) groups is 2. The van der Waals surface area contributed by atoms with E-state index in [1.807, 2.05) is 19.1 Å². The van der Waals surface area contributed by atoms with E-state index in [0.717, 1.165) is 24.1 Å². The van der Waals surface area contributed by atoms with Crippen LogP contribution in [0.2, 0.25) is 0 Å². The van der Waals surface area contributed by atoms with Gasteiger partial charge >= 0.3 is 6.18 Å². The zero-order valence-corrected chi connectivity index (χ0v) is 15.3. The topological polar surface area (TPSA) is 37.4 Å². The Morgan fingerprint density at radius 3 is 1.96 bits per heavy atom. The lowest BCUT2D eigenvalue weighted by Crippen LogP contribution is -2.26. The van der Waals surface area contributed by atoms with Crippen LogP contribution in [-0.2, 0) is 23.9 Å². The lowest BCUT2D eigenvalue weighted by molar-refractivity contribution is -0.137. The minimum atomic E-state index is -4.38. The molecular formula is C21H22F3NO2. The summed E-state index contributed by atoms with van der Waals surface area (Å²) in [4.78, 5) is 25.8. The van der Waals surface area contributed by atoms with Crippen LogP contribution in [0.5, 0.6) is 0 Å². The standard InChI is InChI=1S/C21H22F3NO2/c1-3-15-4-8-17(9-5-15)19(26)12-13-20(27)25(2)14-16-6-10-18(11-7-16)21(22,23)24/h4-11H,3,12-14H2,1-2H3. The summed E-state index contributed by atoms with van der Waals surface area (Å²) in [6, 6.07) is 12.0. The molecule has 3 nitrogen and oxygen atoms in total. The van der Waals surface area contributed by atoms with Crippen LogP contribution in [-0.4, -0.2) is 23.6 Å². The van der Waals surface area contributed by atoms with E-state index in [2.05, 4.69) is 0 Å². The smallest absolute Gasteiger partial charge is 0.341 e. The minimum absolute atomic E-state index is 0.0610. The summed E-state index contributed by atoms with van der Waals surface area (Å²) in [6.45, 7) is 2.22. The molecule has 0 atom stereocenters. The summed E-state index contributed by atoms with van der Waals surface area (Å²) >= 11 is 0. The summed E-state index contributed by atoms with van der Waals surface area (Å²) in [5, 5.41) is 0. The largest absolute Gasteiger partial charge is 0.416 e. The van der Waals surface area contributed by atoms with E-state index < -0.39 is 11.7 Å². The molecule has 0 saturated carbocycles. The molecule has 0 radical (unpaired) electrons. The monoisotopic (exact) mass is 377 g/mol. The summed E-state index contributed by atoms with van der Waals surface area (Å²) in [5.74, 6) is -0.331. The van der Waals surface area contributed by atoms with Crippen molar-refractivity contribution in [2.24, 2.45) is 0 Å². The molecule has 144 valence electrons. The van der Waals surface area contributed by atoms with E-state index in [1.54, 1.807) is 19.2 Å². The second-order valence-electron chi connectivity index (χ2n) is 6.42. The Kier molecular flexibility index (Phi) is 6.77. The van der Waals surface area contributed by atoms with Crippen molar-refractivity contribution in [3.63, 3.8) is 0 Å². The Balaban J connectivity index is 1.86. The summed E-state index contributed by atoms with van der Waals surface area (Å²) in [7, 11) is 1.57. The molecule has 6 heteroatoms. The van der Waals surface area contributed by atoms with Gasteiger partial charge in [-0.1, -0.05) is 43.3 Å². The molecule has 2 aromatic carbocycles. The van der Waals surface area contributed by atoms with Crippen molar-refractivity contribution in [2.45, 2.75) is 38.9 Å². The van der Waals surface area contributed by atoms with Crippen molar-refractivity contribution < 1.29 is 22.8 Å². The Hall–Kier alpha value is -2.63. The normalized spacial score (nSPS) is 11.3. The molecule has 0 aromatic heterocycles. The average molecular weight is 377 g/mol. The van der Waals surface area contributed by atoms with Crippen LogP contribution in [0, 0.1) is 0 Å². The quantitative estimate of drug-likeness (QED) is 0.645. The van der Waals surface area contributed by atoms with Crippen molar-refractivity contribution in [1.82, 2.24) is 4.90 Å². The molecule has 2 aromatic rings. The van der Waals surface area contributed by atoms with Crippen molar-refractivity contribution in [1.29, 1.82) is 0 Å². The van der Waals surface area contributed by atoms with Gasteiger partial charge in [0.15, 0.2) is 5.78 Å². The highest BCUT2D eigenvalue weighted by Crippen LogP contribution is 2.29. The molecular weight excluding hydrogens is 355 g/mol. The van der Waals surface area contributed by atoms with E-state index in [1.165, 1.54) is 17.0 Å². The van der Waals surface area contributed by atoms with E-state index in [9.17, 15) is 22.8 Å². The maximum Gasteiger partial charge on any atom is 0.416 e. The third kappa shape index (κ3) is 5.94. The van der Waals surface area contributed by atoms with Gasteiger partial charge in [0.25, 0.3) is 0 Å². The fourth-order valence-corrected chi connectivity index (χ4v) is 2.64. The van der Waals surface area contributed by atoms with Crippen LogP contribution in [0.4, 0.5) is 13.2 Å². The third-order valence-electron chi connectivity index (χ3n) is 4.38. The number of ketones is 1. The van der Waals surface area contributed by atoms with E-state index in [0.29, 0.717) is 11.1 Å². The molecule has 0 spiro atoms. The Morgan fingerprint density at radius 1 is 0.889 bits per heavy atom. The average Bonchev–Trinajstić information content (AvgIpc) is 2.65. The van der Waals surface area contributed by atoms with Crippen molar-refractivity contribution in [3.05, 3.63) is 70.8 Å². The molecule has 0 fully saturated rings. The number of carbonyl (C=O) groups excluding carboxylic acids is 2. The SMILES string of the molecule is CCc1ccc(C(=O)CCC(=O)N(C)Cc2ccc(C(F)(F)F)cc2)cc1. The van der Waals surface area contributed by atoms with E-state index >= 15 is 0 Å². The number of halogens is 3. The van der Waals surface area contributed by atoms with Crippen LogP contribution in [0.15, 0.2) is 48.5 Å². The van der Waals surface area contributed by atoms with Crippen LogP contribution in [0.3, 0.4) is 0 Å². The molecule has 0 aliphatic rings. The van der Waals surface area contributed by atoms with Gasteiger partial charge in [-0.3, -0.25) is 9.59 Å². The molecule has 27 heavy (non-hydrogen) atoms. The molecule has 0 bridgehead atoms. The zero-order chi connectivity index (χ0) is 20.0. The molecule has 0 saturated heterocycles. The molecule has 0 N–H and O–H groups in total. The van der Waals surface area contributed by atoms with Crippen LogP contribution >= 0.6 is 0 Å². The first-order valence-electron chi connectivity index (χ1n) is 8.73. The van der Waals surface area contributed by atoms with Gasteiger partial charge in [0.05, 0.1) is 5.56 Å². The third-order valence-corrected chi connectivity index (χ3v) is 4.38. The number of hydrogen-bond acceptors (Lipinski definition) is 2. The van der Waals surface area contributed by atoms with Crippen molar-refractivity contribution in [3.8, 4) is 0 Å². The number of alkyl halides is 3. The maximum atomic E-state index is 12.6. The number of aryl methyl sites for hydroxylation is 1. The number of Topliss-reactive ketones (excluding diaryl/α,β-unsaturated/α-hetero) is 1. The van der Waals surface area contributed by atoms with Gasteiger partial charge in [-0.15, -0.1) is 0 Å². The van der Waals surface area contributed by atoms with E-state index in [4.69, 9.17) is 0 Å². The van der Waals surface area contributed by atoms with Gasteiger partial charge in [0, 0.05) is 32.0 Å². The number of rotatable bonds is 7. The van der Waals surface area contributed by atoms with Gasteiger partial charge < -0.3 is 4.90 Å². The van der Waals surface area contributed by atoms with Gasteiger partial charge in [0.1, 0.15) is 0 Å². The highest BCUT2D eigenvalue weighted by molar-refractivity contribution is 5.97. The summed E-state index contributed by atoms with van der Waals surface area (Å²) in [6.07, 6.45) is -3.33. The lowest BCUT2D eigenvalue weighted by atomic mass is 10.0. The van der Waals surface area contributed by atoms with Crippen LogP contribution < -0.4 is 0 Å². The molecule has 0 aliphatic carbocycles. The van der Waals surface area contributed by atoms with Gasteiger partial charge in [-0.25, -0.2) is 0 Å². The Morgan fingerprint density at radius 2 is 1.44 bits per heavy atom. The minimum Gasteiger partial charge on any atom is -0.341 e. The zero-order valence-electron chi connectivity index (χ0n) is 15.3. The second-order valence-corrected chi connectivity index (χ2v) is 6.42. The molecule has 2 rings (SSSR count). The first-order chi connectivity index (χ1) is 12.7. The van der Waals surface area contributed by atoms with Gasteiger partial charge in [0.2, 0.25) is 5.91 Å². The lowest BCUT2D eigenvalue weighted by Gasteiger charge is -2.17. The maximum absolute atomic E-state index is 12.6. The number of amides is 1. The van der Waals surface area contributed by atoms with Crippen LogP contribution in [0.1, 0.15) is 46.8 Å².